The van der Waals surface area contributed by atoms with Crippen molar-refractivity contribution < 1.29 is 9.18 Å². The minimum absolute atomic E-state index is 0.227. The Morgan fingerprint density at radius 3 is 2.95 bits per heavy atom. The molecule has 1 amide bonds. The third kappa shape index (κ3) is 3.64. The average Bonchev–Trinajstić information content (AvgIpc) is 2.45. The maximum absolute atomic E-state index is 13.0. The summed E-state index contributed by atoms with van der Waals surface area (Å²) >= 11 is 0. The van der Waals surface area contributed by atoms with Crippen LogP contribution < -0.4 is 11.1 Å². The second-order valence-corrected chi connectivity index (χ2v) is 3.90. The molecule has 0 fully saturated rings. The number of anilines is 1. The van der Waals surface area contributed by atoms with Gasteiger partial charge in [0.2, 0.25) is 0 Å². The fraction of sp³-hybridized carbons (Fsp3) is 0.0667. The van der Waals surface area contributed by atoms with Gasteiger partial charge in [0.25, 0.3) is 5.91 Å². The molecule has 0 aliphatic heterocycles. The van der Waals surface area contributed by atoms with E-state index in [9.17, 15) is 9.18 Å². The highest BCUT2D eigenvalue weighted by Gasteiger charge is 2.07. The summed E-state index contributed by atoms with van der Waals surface area (Å²) in [6, 6.07) is 8.77. The van der Waals surface area contributed by atoms with Crippen molar-refractivity contribution in [3.63, 3.8) is 0 Å². The van der Waals surface area contributed by atoms with Gasteiger partial charge in [0.1, 0.15) is 11.6 Å². The maximum Gasteiger partial charge on any atom is 0.256 e. The molecule has 20 heavy (non-hydrogen) atoms. The molecule has 1 heterocycles. The standard InChI is InChI=1S/C15H12FN3O/c16-13-5-1-4-12(10-13)15(20)19-14-9-11(3-2-7-17)6-8-18-14/h1,4-6,8-10H,7,17H2,(H,18,19,20). The predicted molar refractivity (Wildman–Crippen MR) is 74.5 cm³/mol. The highest BCUT2D eigenvalue weighted by atomic mass is 19.1. The molecule has 0 radical (unpaired) electrons. The van der Waals surface area contributed by atoms with E-state index in [0.29, 0.717) is 11.4 Å². The number of pyridine rings is 1. The molecule has 0 aliphatic rings. The van der Waals surface area contributed by atoms with E-state index >= 15 is 0 Å². The zero-order chi connectivity index (χ0) is 14.4. The highest BCUT2D eigenvalue weighted by Crippen LogP contribution is 2.09. The summed E-state index contributed by atoms with van der Waals surface area (Å²) in [5.41, 5.74) is 6.21. The van der Waals surface area contributed by atoms with Gasteiger partial charge in [-0.1, -0.05) is 17.9 Å². The van der Waals surface area contributed by atoms with Crippen molar-refractivity contribution in [3.8, 4) is 11.8 Å². The van der Waals surface area contributed by atoms with E-state index in [2.05, 4.69) is 22.1 Å². The fourth-order valence-corrected chi connectivity index (χ4v) is 1.55. The smallest absolute Gasteiger partial charge is 0.256 e. The van der Waals surface area contributed by atoms with Gasteiger partial charge in [0.05, 0.1) is 6.54 Å². The number of nitrogens with zero attached hydrogens (tertiary/aromatic N) is 1. The zero-order valence-corrected chi connectivity index (χ0v) is 10.6. The number of rotatable bonds is 2. The molecule has 0 atom stereocenters. The summed E-state index contributed by atoms with van der Waals surface area (Å²) in [7, 11) is 0. The Morgan fingerprint density at radius 1 is 1.35 bits per heavy atom. The molecule has 3 N–H and O–H groups in total. The lowest BCUT2D eigenvalue weighted by Gasteiger charge is -2.04. The first-order chi connectivity index (χ1) is 9.69. The van der Waals surface area contributed by atoms with Crippen molar-refractivity contribution in [3.05, 3.63) is 59.5 Å². The third-order valence-electron chi connectivity index (χ3n) is 2.42. The second kappa shape index (κ2) is 6.45. The van der Waals surface area contributed by atoms with E-state index in [4.69, 9.17) is 5.73 Å². The molecule has 1 aromatic heterocycles. The summed E-state index contributed by atoms with van der Waals surface area (Å²) in [5.74, 6) is 5.01. The Hall–Kier alpha value is -2.71. The van der Waals surface area contributed by atoms with E-state index in [1.807, 2.05) is 0 Å². The molecule has 0 saturated heterocycles. The normalized spacial score (nSPS) is 9.50. The van der Waals surface area contributed by atoms with Gasteiger partial charge < -0.3 is 11.1 Å². The van der Waals surface area contributed by atoms with Gasteiger partial charge in [-0.2, -0.15) is 0 Å². The first-order valence-corrected chi connectivity index (χ1v) is 5.91. The van der Waals surface area contributed by atoms with E-state index in [0.717, 1.165) is 6.07 Å². The molecule has 2 aromatic rings. The number of amides is 1. The number of aromatic nitrogens is 1. The molecule has 4 nitrogen and oxygen atoms in total. The van der Waals surface area contributed by atoms with Crippen molar-refractivity contribution >= 4 is 11.7 Å². The number of carbonyl (C=O) groups excluding carboxylic acids is 1. The molecule has 1 aromatic carbocycles. The van der Waals surface area contributed by atoms with Crippen LogP contribution in [0.25, 0.3) is 0 Å². The Bertz CT molecular complexity index is 689. The molecule has 0 unspecified atom stereocenters. The lowest BCUT2D eigenvalue weighted by Crippen LogP contribution is -2.13. The van der Waals surface area contributed by atoms with Crippen LogP contribution in [0.5, 0.6) is 0 Å². The Morgan fingerprint density at radius 2 is 2.20 bits per heavy atom. The highest BCUT2D eigenvalue weighted by molar-refractivity contribution is 6.03. The molecule has 2 rings (SSSR count). The van der Waals surface area contributed by atoms with Gasteiger partial charge in [-0.05, 0) is 30.3 Å². The first kappa shape index (κ1) is 13.7. The number of nitrogens with two attached hydrogens (primary N) is 1. The number of hydrogen-bond donors (Lipinski definition) is 2. The minimum atomic E-state index is -0.465. The number of benzene rings is 1. The molecule has 0 bridgehead atoms. The van der Waals surface area contributed by atoms with Crippen LogP contribution in [0.2, 0.25) is 0 Å². The summed E-state index contributed by atoms with van der Waals surface area (Å²) < 4.78 is 13.0. The van der Waals surface area contributed by atoms with Crippen LogP contribution >= 0.6 is 0 Å². The van der Waals surface area contributed by atoms with Crippen molar-refractivity contribution in [2.24, 2.45) is 5.73 Å². The van der Waals surface area contributed by atoms with E-state index in [1.165, 1.54) is 24.4 Å². The second-order valence-electron chi connectivity index (χ2n) is 3.90. The third-order valence-corrected chi connectivity index (χ3v) is 2.42. The molecular weight excluding hydrogens is 257 g/mol. The monoisotopic (exact) mass is 269 g/mol. The summed E-state index contributed by atoms with van der Waals surface area (Å²) in [5, 5.41) is 2.59. The van der Waals surface area contributed by atoms with E-state index < -0.39 is 11.7 Å². The number of carbonyl (C=O) groups is 1. The number of hydrogen-bond acceptors (Lipinski definition) is 3. The van der Waals surface area contributed by atoms with Gasteiger partial charge >= 0.3 is 0 Å². The van der Waals surface area contributed by atoms with Crippen molar-refractivity contribution in [2.75, 3.05) is 11.9 Å². The summed E-state index contributed by atoms with van der Waals surface area (Å²) in [4.78, 5) is 15.9. The van der Waals surface area contributed by atoms with Gasteiger partial charge in [0, 0.05) is 17.3 Å². The molecule has 0 saturated carbocycles. The van der Waals surface area contributed by atoms with Crippen molar-refractivity contribution in [2.45, 2.75) is 0 Å². The average molecular weight is 269 g/mol. The predicted octanol–water partition coefficient (Wildman–Crippen LogP) is 1.78. The lowest BCUT2D eigenvalue weighted by atomic mass is 10.2. The lowest BCUT2D eigenvalue weighted by molar-refractivity contribution is 0.102. The quantitative estimate of drug-likeness (QED) is 0.817. The zero-order valence-electron chi connectivity index (χ0n) is 10.6. The van der Waals surface area contributed by atoms with Gasteiger partial charge in [-0.15, -0.1) is 0 Å². The maximum atomic E-state index is 13.0. The van der Waals surface area contributed by atoms with Crippen LogP contribution in [-0.2, 0) is 0 Å². The minimum Gasteiger partial charge on any atom is -0.320 e. The van der Waals surface area contributed by atoms with Crippen LogP contribution in [-0.4, -0.2) is 17.4 Å². The van der Waals surface area contributed by atoms with Gasteiger partial charge in [-0.3, -0.25) is 4.79 Å². The van der Waals surface area contributed by atoms with Crippen LogP contribution in [0.4, 0.5) is 10.2 Å². The topological polar surface area (TPSA) is 68.0 Å². The van der Waals surface area contributed by atoms with Crippen LogP contribution in [0, 0.1) is 17.7 Å². The molecule has 0 aliphatic carbocycles. The Labute approximate surface area is 115 Å². The van der Waals surface area contributed by atoms with Crippen LogP contribution in [0.15, 0.2) is 42.6 Å². The first-order valence-electron chi connectivity index (χ1n) is 5.91. The van der Waals surface area contributed by atoms with Crippen LogP contribution in [0.3, 0.4) is 0 Å². The SMILES string of the molecule is NCC#Cc1ccnc(NC(=O)c2cccc(F)c2)c1. The number of halogens is 1. The molecule has 100 valence electrons. The summed E-state index contributed by atoms with van der Waals surface area (Å²) in [6.07, 6.45) is 1.53. The molecular formula is C15H12FN3O. The van der Waals surface area contributed by atoms with Crippen molar-refractivity contribution in [1.29, 1.82) is 0 Å². The van der Waals surface area contributed by atoms with E-state index in [-0.39, 0.29) is 12.1 Å². The Balaban J connectivity index is 2.15. The molecule has 0 spiro atoms. The largest absolute Gasteiger partial charge is 0.320 e. The van der Waals surface area contributed by atoms with Gasteiger partial charge in [-0.25, -0.2) is 9.37 Å². The summed E-state index contributed by atoms with van der Waals surface area (Å²) in [6.45, 7) is 0.257. The number of nitrogens with one attached hydrogen (secondary N) is 1. The molecule has 5 heteroatoms. The van der Waals surface area contributed by atoms with Crippen molar-refractivity contribution in [1.82, 2.24) is 4.98 Å². The Kier molecular flexibility index (Phi) is 4.43. The van der Waals surface area contributed by atoms with Crippen LogP contribution in [0.1, 0.15) is 15.9 Å². The fourth-order valence-electron chi connectivity index (χ4n) is 1.55. The van der Waals surface area contributed by atoms with E-state index in [1.54, 1.807) is 12.1 Å². The van der Waals surface area contributed by atoms with Gasteiger partial charge in [0.15, 0.2) is 0 Å².